The van der Waals surface area contributed by atoms with Crippen LogP contribution in [0.15, 0.2) is 47.3 Å². The summed E-state index contributed by atoms with van der Waals surface area (Å²) >= 11 is 0. The van der Waals surface area contributed by atoms with Crippen molar-refractivity contribution in [2.75, 3.05) is 27.9 Å². The molecule has 11 heteroatoms. The summed E-state index contributed by atoms with van der Waals surface area (Å²) in [6.07, 6.45) is 0.511. The third kappa shape index (κ3) is 6.03. The smallest absolute Gasteiger partial charge is 0.377 e. The molecule has 1 aromatic rings. The lowest BCUT2D eigenvalue weighted by Crippen LogP contribution is -2.58. The molecule has 168 valence electrons. The summed E-state index contributed by atoms with van der Waals surface area (Å²) in [6.45, 7) is 0.319. The molecule has 0 aromatic heterocycles. The second kappa shape index (κ2) is 11.1. The fourth-order valence-electron chi connectivity index (χ4n) is 2.81. The van der Waals surface area contributed by atoms with Crippen LogP contribution in [-0.2, 0) is 44.8 Å². The van der Waals surface area contributed by atoms with Gasteiger partial charge in [0.2, 0.25) is 5.76 Å². The second-order valence-electron chi connectivity index (χ2n) is 6.50. The molecule has 2 atom stereocenters. The zero-order valence-corrected chi connectivity index (χ0v) is 17.5. The highest BCUT2D eigenvalue weighted by Gasteiger charge is 2.51. The van der Waals surface area contributed by atoms with E-state index in [4.69, 9.17) is 20.0 Å². The maximum absolute atomic E-state index is 13.0. The van der Waals surface area contributed by atoms with Crippen LogP contribution >= 0.6 is 0 Å². The first-order valence-corrected chi connectivity index (χ1v) is 9.24. The summed E-state index contributed by atoms with van der Waals surface area (Å²) in [6, 6.07) is 9.09. The van der Waals surface area contributed by atoms with Crippen molar-refractivity contribution in [1.29, 1.82) is 0 Å². The zero-order valence-electron chi connectivity index (χ0n) is 17.5. The molecule has 1 aliphatic rings. The third-order valence-corrected chi connectivity index (χ3v) is 4.58. The average Bonchev–Trinajstić information content (AvgIpc) is 3.25. The first kappa shape index (κ1) is 23.8. The maximum atomic E-state index is 13.0. The van der Waals surface area contributed by atoms with E-state index in [0.29, 0.717) is 6.54 Å². The number of methoxy groups -OCH3 is 3. The van der Waals surface area contributed by atoms with Crippen molar-refractivity contribution in [3.8, 4) is 0 Å². The molecular formula is C20H25N3O8. The van der Waals surface area contributed by atoms with Gasteiger partial charge in [0.05, 0.1) is 26.4 Å². The van der Waals surface area contributed by atoms with Gasteiger partial charge in [-0.25, -0.2) is 14.4 Å². The van der Waals surface area contributed by atoms with Gasteiger partial charge in [-0.05, 0) is 5.56 Å². The van der Waals surface area contributed by atoms with Crippen molar-refractivity contribution in [1.82, 2.24) is 5.32 Å². The normalized spacial score (nSPS) is 21.3. The van der Waals surface area contributed by atoms with Crippen LogP contribution in [0.25, 0.3) is 0 Å². The molecule has 1 aromatic carbocycles. The summed E-state index contributed by atoms with van der Waals surface area (Å²) in [7, 11) is 3.71. The number of oxime groups is 1. The van der Waals surface area contributed by atoms with Crippen molar-refractivity contribution in [3.05, 3.63) is 47.7 Å². The van der Waals surface area contributed by atoms with Crippen LogP contribution in [-0.4, -0.2) is 63.3 Å². The van der Waals surface area contributed by atoms with Crippen LogP contribution in [0.1, 0.15) is 12.0 Å². The lowest BCUT2D eigenvalue weighted by Gasteiger charge is -2.26. The second-order valence-corrected chi connectivity index (χ2v) is 6.50. The minimum atomic E-state index is -1.55. The van der Waals surface area contributed by atoms with E-state index in [1.165, 1.54) is 7.11 Å². The molecule has 1 heterocycles. The Balaban J connectivity index is 2.24. The summed E-state index contributed by atoms with van der Waals surface area (Å²) in [4.78, 5) is 41.2. The minimum absolute atomic E-state index is 0.0184. The number of nitrogens with zero attached hydrogens (tertiary/aromatic N) is 1. The van der Waals surface area contributed by atoms with Gasteiger partial charge in [0, 0.05) is 20.1 Å². The summed E-state index contributed by atoms with van der Waals surface area (Å²) in [5.74, 6) is -3.45. The predicted molar refractivity (Wildman–Crippen MR) is 107 cm³/mol. The summed E-state index contributed by atoms with van der Waals surface area (Å²) in [5, 5.41) is 6.64. The molecule has 0 spiro atoms. The Labute approximate surface area is 179 Å². The van der Waals surface area contributed by atoms with E-state index in [0.717, 1.165) is 25.9 Å². The molecule has 0 bridgehead atoms. The monoisotopic (exact) mass is 435 g/mol. The van der Waals surface area contributed by atoms with Gasteiger partial charge < -0.3 is 29.5 Å². The van der Waals surface area contributed by atoms with E-state index >= 15 is 0 Å². The summed E-state index contributed by atoms with van der Waals surface area (Å²) < 4.78 is 19.7. The number of rotatable bonds is 9. The molecular weight excluding hydrogens is 410 g/mol. The van der Waals surface area contributed by atoms with Crippen LogP contribution < -0.4 is 11.1 Å². The number of hydrogen-bond acceptors (Lipinski definition) is 10. The molecule has 1 saturated heterocycles. The number of carbonyl (C=O) groups is 3. The van der Waals surface area contributed by atoms with E-state index in [2.05, 4.69) is 19.9 Å². The van der Waals surface area contributed by atoms with Crippen LogP contribution in [0.3, 0.4) is 0 Å². The molecule has 3 N–H and O–H groups in total. The highest BCUT2D eigenvalue weighted by Crippen LogP contribution is 2.25. The predicted octanol–water partition coefficient (Wildman–Crippen LogP) is -0.00440. The number of carbonyl (C=O) groups excluding carboxylic acids is 3. The summed E-state index contributed by atoms with van der Waals surface area (Å²) in [5.41, 5.74) is 5.30. The number of amidine groups is 1. The molecule has 0 amide bonds. The molecule has 0 radical (unpaired) electrons. The van der Waals surface area contributed by atoms with Crippen LogP contribution in [0.2, 0.25) is 0 Å². The van der Waals surface area contributed by atoms with Crippen LogP contribution in [0.5, 0.6) is 0 Å². The van der Waals surface area contributed by atoms with Gasteiger partial charge >= 0.3 is 17.9 Å². The van der Waals surface area contributed by atoms with Crippen molar-refractivity contribution in [3.63, 3.8) is 0 Å². The highest BCUT2D eigenvalue weighted by molar-refractivity contribution is 6.09. The van der Waals surface area contributed by atoms with E-state index in [1.54, 1.807) is 12.1 Å². The van der Waals surface area contributed by atoms with Crippen molar-refractivity contribution >= 4 is 23.7 Å². The van der Waals surface area contributed by atoms with Crippen LogP contribution in [0.4, 0.5) is 0 Å². The number of ether oxygens (including phenoxy) is 4. The van der Waals surface area contributed by atoms with Gasteiger partial charge in [0.25, 0.3) is 0 Å². The zero-order chi connectivity index (χ0) is 22.9. The molecule has 0 unspecified atom stereocenters. The Morgan fingerprint density at radius 1 is 1.19 bits per heavy atom. The first-order valence-electron chi connectivity index (χ1n) is 9.24. The highest BCUT2D eigenvalue weighted by atomic mass is 16.7. The van der Waals surface area contributed by atoms with E-state index < -0.39 is 29.2 Å². The quantitative estimate of drug-likeness (QED) is 0.103. The minimum Gasteiger partial charge on any atom is -0.466 e. The first-order chi connectivity index (χ1) is 14.9. The Kier molecular flexibility index (Phi) is 8.53. The van der Waals surface area contributed by atoms with E-state index in [1.807, 2.05) is 18.2 Å². The van der Waals surface area contributed by atoms with Gasteiger partial charge in [0.1, 0.15) is 6.61 Å². The average molecular weight is 435 g/mol. The van der Waals surface area contributed by atoms with Gasteiger partial charge in [-0.2, -0.15) is 0 Å². The Hall–Kier alpha value is -3.44. The van der Waals surface area contributed by atoms with Gasteiger partial charge in [-0.15, -0.1) is 0 Å². The molecule has 1 fully saturated rings. The van der Waals surface area contributed by atoms with Gasteiger partial charge in [-0.3, -0.25) is 5.32 Å². The lowest BCUT2D eigenvalue weighted by molar-refractivity contribution is -0.149. The number of hydrogen-bond donors (Lipinski definition) is 2. The third-order valence-electron chi connectivity index (χ3n) is 4.58. The Bertz CT molecular complexity index is 855. The fourth-order valence-corrected chi connectivity index (χ4v) is 2.81. The Morgan fingerprint density at radius 2 is 1.90 bits per heavy atom. The molecule has 11 nitrogen and oxygen atoms in total. The largest absolute Gasteiger partial charge is 0.466 e. The number of esters is 3. The lowest BCUT2D eigenvalue weighted by atomic mass is 9.95. The van der Waals surface area contributed by atoms with E-state index in [9.17, 15) is 14.4 Å². The maximum Gasteiger partial charge on any atom is 0.377 e. The van der Waals surface area contributed by atoms with Gasteiger partial charge in [0.15, 0.2) is 11.4 Å². The topological polar surface area (TPSA) is 148 Å². The molecule has 0 aliphatic carbocycles. The molecule has 2 rings (SSSR count). The van der Waals surface area contributed by atoms with Gasteiger partial charge in [-0.1, -0.05) is 35.5 Å². The van der Waals surface area contributed by atoms with Crippen molar-refractivity contribution in [2.24, 2.45) is 10.9 Å². The number of nitrogens with two attached hydrogens (primary N) is 1. The Morgan fingerprint density at radius 3 is 2.48 bits per heavy atom. The standard InChI is InChI=1S/C20H25N3O8/c1-27-14-10-20(22-11-14,19(26)30-12-13-7-5-4-6-8-13)18(21)23-31-15(17(25)29-3)9-16(24)28-2/h4-9,14,22H,10-12H2,1-3H3,(H2,21,23)/t14-,20+/m1/s1. The SMILES string of the molecule is COC(=O)C=C(ON=C(N)[C@]1(C(=O)OCc2ccccc2)C[C@@H](OC)CN1)C(=O)OC. The number of benzene rings is 1. The van der Waals surface area contributed by atoms with Crippen LogP contribution in [0, 0.1) is 0 Å². The molecule has 1 aliphatic heterocycles. The van der Waals surface area contributed by atoms with E-state index in [-0.39, 0.29) is 25.0 Å². The fraction of sp³-hybridized carbons (Fsp3) is 0.400. The number of nitrogens with one attached hydrogen (secondary N) is 1. The van der Waals surface area contributed by atoms with Crippen molar-refractivity contribution in [2.45, 2.75) is 24.7 Å². The molecule has 0 saturated carbocycles. The molecule has 31 heavy (non-hydrogen) atoms. The van der Waals surface area contributed by atoms with Crippen molar-refractivity contribution < 1.29 is 38.2 Å².